The second-order valence-corrected chi connectivity index (χ2v) is 7.25. The van der Waals surface area contributed by atoms with Crippen LogP contribution in [0, 0.1) is 13.8 Å². The van der Waals surface area contributed by atoms with E-state index in [0.29, 0.717) is 6.42 Å². The van der Waals surface area contributed by atoms with Crippen LogP contribution in [0.4, 0.5) is 0 Å². The zero-order chi connectivity index (χ0) is 15.1. The van der Waals surface area contributed by atoms with Gasteiger partial charge in [-0.3, -0.25) is 4.68 Å². The van der Waals surface area contributed by atoms with E-state index in [1.807, 2.05) is 25.6 Å². The number of aliphatic hydroxyl groups is 1. The Bertz CT molecular complexity index is 607. The van der Waals surface area contributed by atoms with Gasteiger partial charge in [0.15, 0.2) is 0 Å². The number of thiazole rings is 1. The molecule has 0 fully saturated rings. The normalized spacial score (nSPS) is 13.8. The molecule has 1 unspecified atom stereocenters. The van der Waals surface area contributed by atoms with Crippen molar-refractivity contribution in [3.8, 4) is 0 Å². The summed E-state index contributed by atoms with van der Waals surface area (Å²) in [7, 11) is 1.90. The molecule has 0 spiro atoms. The monoisotopic (exact) mass is 293 g/mol. The third kappa shape index (κ3) is 2.94. The van der Waals surface area contributed by atoms with Gasteiger partial charge in [0.25, 0.3) is 0 Å². The zero-order valence-electron chi connectivity index (χ0n) is 13.1. The maximum Gasteiger partial charge on any atom is 0.0957 e. The van der Waals surface area contributed by atoms with E-state index in [9.17, 15) is 5.11 Å². The van der Waals surface area contributed by atoms with Crippen LogP contribution in [0.1, 0.15) is 54.5 Å². The van der Waals surface area contributed by atoms with E-state index >= 15 is 0 Å². The van der Waals surface area contributed by atoms with Crippen LogP contribution in [-0.4, -0.2) is 19.9 Å². The Morgan fingerprint density at radius 1 is 1.35 bits per heavy atom. The van der Waals surface area contributed by atoms with E-state index in [-0.39, 0.29) is 5.41 Å². The molecule has 0 aliphatic carbocycles. The Morgan fingerprint density at radius 3 is 2.45 bits per heavy atom. The van der Waals surface area contributed by atoms with E-state index in [2.05, 4.69) is 36.2 Å². The Hall–Kier alpha value is -1.20. The fraction of sp³-hybridized carbons (Fsp3) is 0.600. The van der Waals surface area contributed by atoms with Crippen LogP contribution in [0.5, 0.6) is 0 Å². The number of hydrogen-bond acceptors (Lipinski definition) is 4. The molecule has 1 atom stereocenters. The smallest absolute Gasteiger partial charge is 0.0957 e. The Labute approximate surface area is 124 Å². The fourth-order valence-corrected chi connectivity index (χ4v) is 3.35. The van der Waals surface area contributed by atoms with Gasteiger partial charge in [0.05, 0.1) is 22.5 Å². The maximum atomic E-state index is 10.5. The average Bonchev–Trinajstić information content (AvgIpc) is 2.85. The summed E-state index contributed by atoms with van der Waals surface area (Å²) in [5.74, 6) is 0. The van der Waals surface area contributed by atoms with Crippen LogP contribution in [-0.2, 0) is 18.9 Å². The lowest BCUT2D eigenvalue weighted by molar-refractivity contribution is 0.176. The highest BCUT2D eigenvalue weighted by Crippen LogP contribution is 2.28. The minimum absolute atomic E-state index is 0.0554. The number of nitrogens with zero attached hydrogens (tertiary/aromatic N) is 3. The zero-order valence-corrected chi connectivity index (χ0v) is 13.9. The molecule has 20 heavy (non-hydrogen) atoms. The summed E-state index contributed by atoms with van der Waals surface area (Å²) in [6, 6.07) is 0. The molecule has 0 aliphatic rings. The molecule has 0 bridgehead atoms. The van der Waals surface area contributed by atoms with Gasteiger partial charge in [-0.2, -0.15) is 5.10 Å². The summed E-state index contributed by atoms with van der Waals surface area (Å²) < 4.78 is 1.82. The highest BCUT2D eigenvalue weighted by atomic mass is 32.1. The molecule has 110 valence electrons. The van der Waals surface area contributed by atoms with E-state index in [1.165, 1.54) is 0 Å². The van der Waals surface area contributed by atoms with Crippen molar-refractivity contribution in [3.63, 3.8) is 0 Å². The Morgan fingerprint density at radius 2 is 2.00 bits per heavy atom. The second-order valence-electron chi connectivity index (χ2n) is 6.30. The molecule has 4 nitrogen and oxygen atoms in total. The van der Waals surface area contributed by atoms with Crippen LogP contribution in [0.25, 0.3) is 0 Å². The molecule has 0 saturated heterocycles. The molecule has 0 aromatic carbocycles. The number of aliphatic hydroxyl groups excluding tert-OH is 1. The molecule has 0 aliphatic heterocycles. The first kappa shape index (κ1) is 15.2. The standard InChI is InChI=1S/C15H23N3OS/c1-9-14(10(2)18(6)17-9)11(19)7-13-16-12(8-20-13)15(3,4)5/h8,11,19H,7H2,1-6H3. The Kier molecular flexibility index (Phi) is 4.02. The van der Waals surface area contributed by atoms with Crippen molar-refractivity contribution in [2.45, 2.75) is 52.6 Å². The SMILES string of the molecule is Cc1nn(C)c(C)c1C(O)Cc1nc(C(C)(C)C)cs1. The Balaban J connectivity index is 2.20. The van der Waals surface area contributed by atoms with E-state index in [0.717, 1.165) is 27.7 Å². The van der Waals surface area contributed by atoms with Gasteiger partial charge in [-0.05, 0) is 13.8 Å². The lowest BCUT2D eigenvalue weighted by Crippen LogP contribution is -2.12. The summed E-state index contributed by atoms with van der Waals surface area (Å²) in [4.78, 5) is 4.64. The van der Waals surface area contributed by atoms with Gasteiger partial charge in [0.2, 0.25) is 0 Å². The first-order valence-electron chi connectivity index (χ1n) is 6.83. The van der Waals surface area contributed by atoms with Crippen LogP contribution in [0.15, 0.2) is 5.38 Å². The summed E-state index contributed by atoms with van der Waals surface area (Å²) in [6.07, 6.45) is 0.0105. The van der Waals surface area contributed by atoms with Gasteiger partial charge in [-0.15, -0.1) is 11.3 Å². The molecule has 0 amide bonds. The third-order valence-electron chi connectivity index (χ3n) is 3.59. The molecule has 2 aromatic rings. The van der Waals surface area contributed by atoms with Gasteiger partial charge < -0.3 is 5.11 Å². The predicted molar refractivity (Wildman–Crippen MR) is 82.2 cm³/mol. The third-order valence-corrected chi connectivity index (χ3v) is 4.46. The van der Waals surface area contributed by atoms with Crippen molar-refractivity contribution >= 4 is 11.3 Å². The van der Waals surface area contributed by atoms with E-state index in [4.69, 9.17) is 0 Å². The largest absolute Gasteiger partial charge is 0.388 e. The molecule has 1 N–H and O–H groups in total. The maximum absolute atomic E-state index is 10.5. The minimum atomic E-state index is -0.539. The van der Waals surface area contributed by atoms with E-state index in [1.54, 1.807) is 11.3 Å². The molecule has 2 aromatic heterocycles. The van der Waals surface area contributed by atoms with Crippen LogP contribution >= 0.6 is 11.3 Å². The first-order valence-corrected chi connectivity index (χ1v) is 7.71. The number of aromatic nitrogens is 3. The highest BCUT2D eigenvalue weighted by Gasteiger charge is 2.22. The van der Waals surface area contributed by atoms with Crippen molar-refractivity contribution in [1.29, 1.82) is 0 Å². The first-order chi connectivity index (χ1) is 9.20. The van der Waals surface area contributed by atoms with Gasteiger partial charge in [-0.25, -0.2) is 4.98 Å². The molecule has 2 heterocycles. The predicted octanol–water partition coefficient (Wildman–Crippen LogP) is 3.07. The molecule has 5 heteroatoms. The van der Waals surface area contributed by atoms with Gasteiger partial charge in [-0.1, -0.05) is 20.8 Å². The summed E-state index contributed by atoms with van der Waals surface area (Å²) in [6.45, 7) is 10.4. The molecular formula is C15H23N3OS. The van der Waals surface area contributed by atoms with Crippen molar-refractivity contribution in [2.24, 2.45) is 7.05 Å². The molecular weight excluding hydrogens is 270 g/mol. The minimum Gasteiger partial charge on any atom is -0.388 e. The van der Waals surface area contributed by atoms with Crippen LogP contribution in [0.2, 0.25) is 0 Å². The van der Waals surface area contributed by atoms with Crippen molar-refractivity contribution < 1.29 is 5.11 Å². The molecule has 2 rings (SSSR count). The van der Waals surface area contributed by atoms with Crippen LogP contribution < -0.4 is 0 Å². The number of aryl methyl sites for hydroxylation is 2. The van der Waals surface area contributed by atoms with Crippen molar-refractivity contribution in [2.75, 3.05) is 0 Å². The number of rotatable bonds is 3. The van der Waals surface area contributed by atoms with Gasteiger partial charge in [0.1, 0.15) is 0 Å². The van der Waals surface area contributed by atoms with Gasteiger partial charge in [0, 0.05) is 35.5 Å². The average molecular weight is 293 g/mol. The highest BCUT2D eigenvalue weighted by molar-refractivity contribution is 7.09. The fourth-order valence-electron chi connectivity index (χ4n) is 2.29. The molecule has 0 radical (unpaired) electrons. The van der Waals surface area contributed by atoms with E-state index < -0.39 is 6.10 Å². The molecule has 0 saturated carbocycles. The van der Waals surface area contributed by atoms with Crippen molar-refractivity contribution in [3.05, 3.63) is 33.0 Å². The second kappa shape index (κ2) is 5.30. The quantitative estimate of drug-likeness (QED) is 0.946. The lowest BCUT2D eigenvalue weighted by Gasteiger charge is -2.14. The summed E-state index contributed by atoms with van der Waals surface area (Å²) in [5.41, 5.74) is 3.98. The van der Waals surface area contributed by atoms with Gasteiger partial charge >= 0.3 is 0 Å². The van der Waals surface area contributed by atoms with Crippen LogP contribution in [0.3, 0.4) is 0 Å². The van der Waals surface area contributed by atoms with Crippen molar-refractivity contribution in [1.82, 2.24) is 14.8 Å². The summed E-state index contributed by atoms with van der Waals surface area (Å²) >= 11 is 1.62. The topological polar surface area (TPSA) is 50.9 Å². The summed E-state index contributed by atoms with van der Waals surface area (Å²) in [5, 5.41) is 17.9. The lowest BCUT2D eigenvalue weighted by atomic mass is 9.93. The number of hydrogen-bond donors (Lipinski definition) is 1.